The predicted octanol–water partition coefficient (Wildman–Crippen LogP) is 1.52. The molecule has 1 aliphatic rings. The molecule has 100 valence electrons. The van der Waals surface area contributed by atoms with Crippen LogP contribution in [0, 0.1) is 5.82 Å². The van der Waals surface area contributed by atoms with E-state index in [1.54, 1.807) is 0 Å². The Morgan fingerprint density at radius 2 is 1.83 bits per heavy atom. The molecule has 0 spiro atoms. The molecule has 18 heavy (non-hydrogen) atoms. The van der Waals surface area contributed by atoms with E-state index in [2.05, 4.69) is 15.9 Å². The van der Waals surface area contributed by atoms with Crippen LogP contribution in [0.5, 0.6) is 0 Å². The highest BCUT2D eigenvalue weighted by molar-refractivity contribution is 9.10. The third kappa shape index (κ3) is 2.74. The Morgan fingerprint density at radius 1 is 1.22 bits per heavy atom. The molecule has 0 amide bonds. The highest BCUT2D eigenvalue weighted by atomic mass is 79.9. The van der Waals surface area contributed by atoms with Crippen LogP contribution in [0.3, 0.4) is 0 Å². The minimum atomic E-state index is -3.72. The van der Waals surface area contributed by atoms with E-state index in [1.165, 1.54) is 22.5 Å². The van der Waals surface area contributed by atoms with Gasteiger partial charge in [0.05, 0.1) is 0 Å². The third-order valence-corrected chi connectivity index (χ3v) is 5.40. The van der Waals surface area contributed by atoms with Crippen molar-refractivity contribution in [2.24, 2.45) is 0 Å². The van der Waals surface area contributed by atoms with E-state index in [9.17, 15) is 12.8 Å². The number of hydrogen-bond acceptors (Lipinski definition) is 3. The van der Waals surface area contributed by atoms with Crippen LogP contribution in [0.1, 0.15) is 0 Å². The second-order valence-corrected chi connectivity index (χ2v) is 7.10. The minimum absolute atomic E-state index is 0.254. The summed E-state index contributed by atoms with van der Waals surface area (Å²) in [6.45, 7) is 2.12. The van der Waals surface area contributed by atoms with Gasteiger partial charge in [-0.2, -0.15) is 4.31 Å². The predicted molar refractivity (Wildman–Crippen MR) is 70.4 cm³/mol. The molecule has 0 radical (unpaired) electrons. The fourth-order valence-electron chi connectivity index (χ4n) is 1.85. The molecule has 0 saturated carbocycles. The topological polar surface area (TPSA) is 40.6 Å². The quantitative estimate of drug-likeness (QED) is 0.822. The van der Waals surface area contributed by atoms with Gasteiger partial charge in [0.1, 0.15) is 10.7 Å². The number of piperazine rings is 1. The number of sulfonamides is 1. The van der Waals surface area contributed by atoms with Crippen LogP contribution in [0.25, 0.3) is 0 Å². The van der Waals surface area contributed by atoms with Crippen LogP contribution in [0.2, 0.25) is 0 Å². The van der Waals surface area contributed by atoms with Crippen molar-refractivity contribution in [2.75, 3.05) is 33.2 Å². The summed E-state index contributed by atoms with van der Waals surface area (Å²) < 4.78 is 40.1. The first-order chi connectivity index (χ1) is 8.41. The Morgan fingerprint density at radius 3 is 2.39 bits per heavy atom. The Bertz CT molecular complexity index is 542. The maximum atomic E-state index is 13.7. The van der Waals surface area contributed by atoms with E-state index in [1.807, 2.05) is 11.9 Å². The average molecular weight is 337 g/mol. The highest BCUT2D eigenvalue weighted by Crippen LogP contribution is 2.23. The first-order valence-electron chi connectivity index (χ1n) is 5.55. The van der Waals surface area contributed by atoms with Crippen LogP contribution in [-0.4, -0.2) is 50.8 Å². The summed E-state index contributed by atoms with van der Waals surface area (Å²) in [6, 6.07) is 4.00. The van der Waals surface area contributed by atoms with E-state index in [0.717, 1.165) is 0 Å². The molecule has 1 saturated heterocycles. The molecule has 1 aliphatic heterocycles. The molecular formula is C11H14BrFN2O2S. The highest BCUT2D eigenvalue weighted by Gasteiger charge is 2.29. The van der Waals surface area contributed by atoms with Gasteiger partial charge in [-0.3, -0.25) is 0 Å². The van der Waals surface area contributed by atoms with E-state index >= 15 is 0 Å². The monoisotopic (exact) mass is 336 g/mol. The van der Waals surface area contributed by atoms with Crippen molar-refractivity contribution >= 4 is 26.0 Å². The summed E-state index contributed by atoms with van der Waals surface area (Å²) in [5.74, 6) is -0.719. The van der Waals surface area contributed by atoms with Gasteiger partial charge < -0.3 is 4.90 Å². The van der Waals surface area contributed by atoms with Gasteiger partial charge in [0.25, 0.3) is 0 Å². The molecule has 0 unspecified atom stereocenters. The first-order valence-corrected chi connectivity index (χ1v) is 7.78. The van der Waals surface area contributed by atoms with E-state index < -0.39 is 15.8 Å². The first kappa shape index (κ1) is 13.9. The SMILES string of the molecule is CN1CCN(S(=O)(=O)c2ccc(Br)cc2F)CC1. The number of likely N-dealkylation sites (N-methyl/N-ethyl adjacent to an activating group) is 1. The molecule has 0 aromatic heterocycles. The van der Waals surface area contributed by atoms with Crippen LogP contribution in [-0.2, 0) is 10.0 Å². The van der Waals surface area contributed by atoms with Crippen LogP contribution in [0.4, 0.5) is 4.39 Å². The molecule has 4 nitrogen and oxygen atoms in total. The third-order valence-electron chi connectivity index (χ3n) is 2.97. The van der Waals surface area contributed by atoms with Crippen molar-refractivity contribution < 1.29 is 12.8 Å². The number of hydrogen-bond donors (Lipinski definition) is 0. The molecule has 1 heterocycles. The van der Waals surface area contributed by atoms with Crippen molar-refractivity contribution in [3.63, 3.8) is 0 Å². The standard InChI is InChI=1S/C11H14BrFN2O2S/c1-14-4-6-15(7-5-14)18(16,17)11-3-2-9(12)8-10(11)13/h2-3,8H,4-7H2,1H3. The van der Waals surface area contributed by atoms with Crippen molar-refractivity contribution in [2.45, 2.75) is 4.90 Å². The molecule has 1 aromatic rings. The van der Waals surface area contributed by atoms with Gasteiger partial charge in [-0.05, 0) is 25.2 Å². The number of nitrogens with zero attached hydrogens (tertiary/aromatic N) is 2. The number of halogens is 2. The zero-order chi connectivity index (χ0) is 13.3. The van der Waals surface area contributed by atoms with Crippen LogP contribution in [0.15, 0.2) is 27.6 Å². The van der Waals surface area contributed by atoms with Gasteiger partial charge in [-0.1, -0.05) is 15.9 Å². The molecule has 0 bridgehead atoms. The molecule has 2 rings (SSSR count). The van der Waals surface area contributed by atoms with Crippen LogP contribution >= 0.6 is 15.9 Å². The summed E-state index contributed by atoms with van der Waals surface area (Å²) in [5, 5.41) is 0. The van der Waals surface area contributed by atoms with Crippen LogP contribution < -0.4 is 0 Å². The van der Waals surface area contributed by atoms with Crippen molar-refractivity contribution in [1.82, 2.24) is 9.21 Å². The van der Waals surface area contributed by atoms with E-state index in [-0.39, 0.29) is 4.90 Å². The minimum Gasteiger partial charge on any atom is -0.304 e. The lowest BCUT2D eigenvalue weighted by Crippen LogP contribution is -2.47. The van der Waals surface area contributed by atoms with Gasteiger partial charge >= 0.3 is 0 Å². The smallest absolute Gasteiger partial charge is 0.246 e. The summed E-state index contributed by atoms with van der Waals surface area (Å²) in [6.07, 6.45) is 0. The Labute approximate surface area is 115 Å². The van der Waals surface area contributed by atoms with E-state index in [4.69, 9.17) is 0 Å². The summed E-state index contributed by atoms with van der Waals surface area (Å²) in [4.78, 5) is 1.79. The molecule has 1 aromatic carbocycles. The fourth-order valence-corrected chi connectivity index (χ4v) is 3.65. The zero-order valence-electron chi connectivity index (χ0n) is 9.94. The lowest BCUT2D eigenvalue weighted by molar-refractivity contribution is 0.222. The molecule has 7 heteroatoms. The normalized spacial score (nSPS) is 19.1. The van der Waals surface area contributed by atoms with Crippen molar-refractivity contribution in [3.05, 3.63) is 28.5 Å². The number of rotatable bonds is 2. The van der Waals surface area contributed by atoms with Crippen molar-refractivity contribution in [3.8, 4) is 0 Å². The Balaban J connectivity index is 2.30. The lowest BCUT2D eigenvalue weighted by Gasteiger charge is -2.31. The molecular weight excluding hydrogens is 323 g/mol. The van der Waals surface area contributed by atoms with Gasteiger partial charge in [-0.25, -0.2) is 12.8 Å². The average Bonchev–Trinajstić information content (AvgIpc) is 2.29. The van der Waals surface area contributed by atoms with Gasteiger partial charge in [0, 0.05) is 30.7 Å². The van der Waals surface area contributed by atoms with Gasteiger partial charge in [0.2, 0.25) is 10.0 Å². The zero-order valence-corrected chi connectivity index (χ0v) is 12.3. The summed E-state index contributed by atoms with van der Waals surface area (Å²) in [5.41, 5.74) is 0. The second-order valence-electron chi connectivity index (χ2n) is 4.28. The van der Waals surface area contributed by atoms with Gasteiger partial charge in [0.15, 0.2) is 0 Å². The van der Waals surface area contributed by atoms with E-state index in [0.29, 0.717) is 30.7 Å². The molecule has 0 N–H and O–H groups in total. The second kappa shape index (κ2) is 5.24. The fraction of sp³-hybridized carbons (Fsp3) is 0.455. The van der Waals surface area contributed by atoms with Gasteiger partial charge in [-0.15, -0.1) is 0 Å². The summed E-state index contributed by atoms with van der Waals surface area (Å²) >= 11 is 3.11. The lowest BCUT2D eigenvalue weighted by atomic mass is 10.3. The maximum Gasteiger partial charge on any atom is 0.246 e. The Hall–Kier alpha value is -0.500. The molecule has 1 fully saturated rings. The molecule has 0 atom stereocenters. The number of benzene rings is 1. The largest absolute Gasteiger partial charge is 0.304 e. The summed E-state index contributed by atoms with van der Waals surface area (Å²) in [7, 11) is -1.79. The maximum absolute atomic E-state index is 13.7. The van der Waals surface area contributed by atoms with Crippen molar-refractivity contribution in [1.29, 1.82) is 0 Å². The molecule has 0 aliphatic carbocycles. The Kier molecular flexibility index (Phi) is 4.05.